The van der Waals surface area contributed by atoms with Gasteiger partial charge in [0.2, 0.25) is 5.91 Å². The van der Waals surface area contributed by atoms with E-state index in [0.29, 0.717) is 52.7 Å². The van der Waals surface area contributed by atoms with Crippen molar-refractivity contribution in [2.45, 2.75) is 107 Å². The van der Waals surface area contributed by atoms with Gasteiger partial charge in [-0.25, -0.2) is 0 Å². The van der Waals surface area contributed by atoms with Gasteiger partial charge in [0, 0.05) is 108 Å². The van der Waals surface area contributed by atoms with Crippen molar-refractivity contribution in [1.82, 2.24) is 36.0 Å². The third-order valence-electron chi connectivity index (χ3n) is 18.7. The summed E-state index contributed by atoms with van der Waals surface area (Å²) in [5.41, 5.74) is 6.42. The van der Waals surface area contributed by atoms with Crippen LogP contribution in [0.2, 0.25) is 0 Å². The second-order valence-electron chi connectivity index (χ2n) is 22.4. The van der Waals surface area contributed by atoms with Gasteiger partial charge in [0.25, 0.3) is 0 Å². The molecule has 1 aromatic carbocycles. The molecule has 1 amide bonds. The Morgan fingerprint density at radius 2 is 1.14 bits per heavy atom. The standard InChI is InChI=1S/C49H75N7O2.C8H8/c1-33(54-18-12-51-13-19-54)39-25-40(27-42(26-39)47(57)34-6-10-50-11-7-34)35-2-4-37-24-38-5-3-36(32-46(38)45(37)31-35)41-28-43(48(58)55-20-14-52-15-21-55)30-44(29-41)49(8-9-49)56-22-16-53-17-23-56;1-2-4-6-8-7-5-3-1/h3,5,32,34-35,37,39-45,50-53H,1-2,4,6-31H2;1-8H/b;2-1-,3-1?,4-2?,5-3-,6-4-,7-5?,8-6?,8-7-. The zero-order valence-electron chi connectivity index (χ0n) is 40.3. The third-order valence-corrected chi connectivity index (χ3v) is 18.7. The number of hydrogen-bond donors (Lipinski definition) is 4. The zero-order chi connectivity index (χ0) is 44.9. The van der Waals surface area contributed by atoms with Crippen LogP contribution in [0.1, 0.15) is 112 Å². The Kier molecular flexibility index (Phi) is 15.1. The Morgan fingerprint density at radius 3 is 1.79 bits per heavy atom. The molecule has 11 rings (SSSR count). The van der Waals surface area contributed by atoms with Crippen molar-refractivity contribution in [3.63, 3.8) is 0 Å². The second-order valence-corrected chi connectivity index (χ2v) is 22.4. The van der Waals surface area contributed by atoms with Gasteiger partial charge < -0.3 is 31.1 Å². The maximum absolute atomic E-state index is 14.3. The van der Waals surface area contributed by atoms with E-state index in [1.807, 2.05) is 48.6 Å². The van der Waals surface area contributed by atoms with E-state index in [1.165, 1.54) is 62.6 Å². The molecule has 4 saturated heterocycles. The first kappa shape index (κ1) is 46.4. The molecule has 9 nitrogen and oxygen atoms in total. The van der Waals surface area contributed by atoms with Crippen LogP contribution in [-0.4, -0.2) is 124 Å². The lowest BCUT2D eigenvalue weighted by Crippen LogP contribution is -2.54. The molecule has 0 aromatic heterocycles. The van der Waals surface area contributed by atoms with Gasteiger partial charge in [-0.2, -0.15) is 0 Å². The molecule has 66 heavy (non-hydrogen) atoms. The van der Waals surface area contributed by atoms with E-state index in [2.05, 4.69) is 54.2 Å². The van der Waals surface area contributed by atoms with Crippen LogP contribution in [0.3, 0.4) is 0 Å². The Balaban J connectivity index is 0.000000580. The number of carbonyl (C=O) groups is 2. The summed E-state index contributed by atoms with van der Waals surface area (Å²) in [5, 5.41) is 14.1. The molecule has 0 spiro atoms. The van der Waals surface area contributed by atoms with Gasteiger partial charge >= 0.3 is 0 Å². The zero-order valence-corrected chi connectivity index (χ0v) is 40.3. The first-order chi connectivity index (χ1) is 32.4. The maximum Gasteiger partial charge on any atom is 0.225 e. The lowest BCUT2D eigenvalue weighted by molar-refractivity contribution is -0.138. The molecule has 0 bridgehead atoms. The Hall–Kier alpha value is -3.34. The summed E-state index contributed by atoms with van der Waals surface area (Å²) in [6, 6.07) is 7.72. The first-order valence-corrected chi connectivity index (χ1v) is 27.1. The fourth-order valence-corrected chi connectivity index (χ4v) is 15.0. The highest BCUT2D eigenvalue weighted by Crippen LogP contribution is 2.58. The van der Waals surface area contributed by atoms with Crippen LogP contribution in [-0.2, 0) is 16.0 Å². The van der Waals surface area contributed by atoms with E-state index in [0.717, 1.165) is 136 Å². The topological polar surface area (TPSA) is 92.0 Å². The predicted molar refractivity (Wildman–Crippen MR) is 268 cm³/mol. The van der Waals surface area contributed by atoms with Crippen LogP contribution >= 0.6 is 0 Å². The van der Waals surface area contributed by atoms with Crippen molar-refractivity contribution in [2.24, 2.45) is 47.3 Å². The summed E-state index contributed by atoms with van der Waals surface area (Å²) in [6.07, 6.45) is 32.5. The van der Waals surface area contributed by atoms with Gasteiger partial charge in [-0.15, -0.1) is 0 Å². The highest BCUT2D eigenvalue weighted by molar-refractivity contribution is 5.83. The van der Waals surface area contributed by atoms with Crippen molar-refractivity contribution >= 4 is 11.7 Å². The number of amides is 1. The van der Waals surface area contributed by atoms with Crippen LogP contribution in [0, 0.1) is 47.3 Å². The Labute approximate surface area is 397 Å². The first-order valence-electron chi connectivity index (χ1n) is 27.1. The van der Waals surface area contributed by atoms with Crippen LogP contribution in [0.5, 0.6) is 0 Å². The van der Waals surface area contributed by atoms with Crippen molar-refractivity contribution in [1.29, 1.82) is 0 Å². The number of hydrogen-bond acceptors (Lipinski definition) is 8. The highest BCUT2D eigenvalue weighted by atomic mass is 16.2. The fourth-order valence-electron chi connectivity index (χ4n) is 15.0. The van der Waals surface area contributed by atoms with E-state index >= 15 is 0 Å². The number of ketones is 1. The summed E-state index contributed by atoms with van der Waals surface area (Å²) < 4.78 is 0. The summed E-state index contributed by atoms with van der Waals surface area (Å²) in [6.45, 7) is 18.9. The van der Waals surface area contributed by atoms with Crippen LogP contribution in [0.15, 0.2) is 79.1 Å². The molecule has 4 saturated carbocycles. The molecule has 4 heterocycles. The largest absolute Gasteiger partial charge is 0.373 e. The quantitative estimate of drug-likeness (QED) is 0.205. The number of benzene rings is 1. The fraction of sp³-hybridized carbons (Fsp3) is 0.684. The second kappa shape index (κ2) is 21.5. The normalized spacial score (nSPS) is 36.5. The van der Waals surface area contributed by atoms with Crippen LogP contribution in [0.25, 0.3) is 0 Å². The third kappa shape index (κ3) is 10.5. The van der Waals surface area contributed by atoms with Crippen molar-refractivity contribution in [3.05, 3.63) is 95.8 Å². The van der Waals surface area contributed by atoms with Gasteiger partial charge in [-0.05, 0) is 161 Å². The molecule has 4 N–H and O–H groups in total. The smallest absolute Gasteiger partial charge is 0.225 e. The lowest BCUT2D eigenvalue weighted by atomic mass is 9.61. The number of fused-ring (bicyclic) bond motifs is 3. The van der Waals surface area contributed by atoms with Crippen LogP contribution < -0.4 is 21.3 Å². The monoisotopic (exact) mass is 898 g/mol. The molecule has 9 unspecified atom stereocenters. The molecule has 6 aliphatic carbocycles. The number of carbonyl (C=O) groups excluding carboxylic acids is 2. The molecule has 8 fully saturated rings. The minimum absolute atomic E-state index is 0.137. The number of piperidine rings is 1. The molecule has 9 heteroatoms. The molecule has 4 aliphatic heterocycles. The average Bonchev–Trinajstić information content (AvgIpc) is 4.11. The highest BCUT2D eigenvalue weighted by Gasteiger charge is 2.56. The predicted octanol–water partition coefficient (Wildman–Crippen LogP) is 7.36. The van der Waals surface area contributed by atoms with Crippen LogP contribution in [0.4, 0.5) is 0 Å². The maximum atomic E-state index is 14.3. The van der Waals surface area contributed by atoms with E-state index in [9.17, 15) is 9.59 Å². The van der Waals surface area contributed by atoms with Gasteiger partial charge in [0.15, 0.2) is 0 Å². The van der Waals surface area contributed by atoms with E-state index in [-0.39, 0.29) is 17.8 Å². The molecule has 1 aromatic rings. The number of Topliss-reactive ketones (excluding diaryl/α,β-unsaturated/α-hetero) is 1. The summed E-state index contributed by atoms with van der Waals surface area (Å²) >= 11 is 0. The van der Waals surface area contributed by atoms with Gasteiger partial charge in [-0.1, -0.05) is 73.4 Å². The van der Waals surface area contributed by atoms with E-state index in [4.69, 9.17) is 6.58 Å². The summed E-state index contributed by atoms with van der Waals surface area (Å²) in [7, 11) is 0. The Morgan fingerprint density at radius 1 is 0.545 bits per heavy atom. The minimum Gasteiger partial charge on any atom is -0.373 e. The molecule has 0 radical (unpaired) electrons. The summed E-state index contributed by atoms with van der Waals surface area (Å²) in [5.74, 6) is 5.76. The van der Waals surface area contributed by atoms with Gasteiger partial charge in [0.1, 0.15) is 5.78 Å². The SMILES string of the molecule is C1=C\C=C/C=C\C=C/1.C=C(C1CC(C(=O)C2CCNCC2)CC(C2CCC3Cc4ccc(C5CC(C(=O)N6CCNCC6)CC(C6(N7CCNCC7)CC6)C5)cc4C3C2)C1)N1CCNCC1. The summed E-state index contributed by atoms with van der Waals surface area (Å²) in [4.78, 5) is 36.2. The number of nitrogens with one attached hydrogen (secondary N) is 4. The number of allylic oxidation sites excluding steroid dienone is 9. The molecule has 10 aliphatic rings. The molecule has 358 valence electrons. The van der Waals surface area contributed by atoms with Gasteiger partial charge in [-0.3, -0.25) is 14.5 Å². The molecule has 9 atom stereocenters. The van der Waals surface area contributed by atoms with E-state index in [1.54, 1.807) is 11.1 Å². The van der Waals surface area contributed by atoms with Gasteiger partial charge in [0.05, 0.1) is 0 Å². The van der Waals surface area contributed by atoms with E-state index < -0.39 is 0 Å². The number of nitrogens with zero attached hydrogens (tertiary/aromatic N) is 3. The number of piperazine rings is 3. The lowest BCUT2D eigenvalue weighted by Gasteiger charge is -2.46. The molecular weight excluding hydrogens is 815 g/mol. The Bertz CT molecular complexity index is 1870. The minimum atomic E-state index is 0.137. The van der Waals surface area contributed by atoms with Crippen molar-refractivity contribution in [2.75, 3.05) is 91.6 Å². The number of rotatable bonds is 9. The van der Waals surface area contributed by atoms with Crippen molar-refractivity contribution in [3.8, 4) is 0 Å². The average molecular weight is 898 g/mol. The van der Waals surface area contributed by atoms with Crippen molar-refractivity contribution < 1.29 is 9.59 Å². The molecular formula is C57H83N7O2.